The van der Waals surface area contributed by atoms with Crippen molar-refractivity contribution in [3.63, 3.8) is 0 Å². The Morgan fingerprint density at radius 1 is 0.667 bits per heavy atom. The largest absolute Gasteiger partial charge is 0.480 e. The summed E-state index contributed by atoms with van der Waals surface area (Å²) in [5, 5.41) is 0.940. The third-order valence-corrected chi connectivity index (χ3v) is 6.44. The van der Waals surface area contributed by atoms with Crippen LogP contribution in [0.5, 0.6) is 11.8 Å². The Labute approximate surface area is 219 Å². The fourth-order valence-electron chi connectivity index (χ4n) is 3.82. The van der Waals surface area contributed by atoms with Crippen molar-refractivity contribution in [3.8, 4) is 45.4 Å². The summed E-state index contributed by atoms with van der Waals surface area (Å²) in [5.74, 6) is 0.707. The van der Waals surface area contributed by atoms with Gasteiger partial charge in [0.15, 0.2) is 0 Å². The molecule has 4 N–H and O–H groups in total. The minimum absolute atomic E-state index is 0.325. The molecule has 8 nitrogen and oxygen atoms in total. The van der Waals surface area contributed by atoms with Crippen LogP contribution in [0.25, 0.3) is 33.6 Å². The second-order valence-electron chi connectivity index (χ2n) is 8.21. The molecule has 0 saturated carbocycles. The van der Waals surface area contributed by atoms with Gasteiger partial charge >= 0.3 is 0 Å². The van der Waals surface area contributed by atoms with E-state index in [4.69, 9.17) is 44.1 Å². The molecule has 4 aromatic rings. The monoisotopic (exact) mass is 524 g/mol. The molecule has 0 amide bonds. The zero-order valence-corrected chi connectivity index (χ0v) is 21.8. The van der Waals surface area contributed by atoms with Crippen molar-refractivity contribution in [1.82, 2.24) is 19.9 Å². The second-order valence-corrected chi connectivity index (χ2v) is 8.97. The summed E-state index contributed by atoms with van der Waals surface area (Å²) in [6.07, 6.45) is 3.26. The molecule has 0 radical (unpaired) electrons. The minimum atomic E-state index is -0.325. The smallest absolute Gasteiger partial charge is 0.237 e. The quantitative estimate of drug-likeness (QED) is 0.318. The number of aromatic nitrogens is 4. The molecule has 186 valence electrons. The second kappa shape index (κ2) is 10.8. The third kappa shape index (κ3) is 4.85. The van der Waals surface area contributed by atoms with Gasteiger partial charge in [-0.15, -0.1) is 0 Å². The summed E-state index contributed by atoms with van der Waals surface area (Å²) in [6, 6.07) is 10.6. The lowest BCUT2D eigenvalue weighted by molar-refractivity contribution is 0.386. The van der Waals surface area contributed by atoms with E-state index < -0.39 is 0 Å². The topological polar surface area (TPSA) is 122 Å². The fourth-order valence-corrected chi connectivity index (χ4v) is 4.47. The maximum atomic E-state index is 6.90. The molecule has 2 aromatic carbocycles. The van der Waals surface area contributed by atoms with E-state index in [-0.39, 0.29) is 12.1 Å². The maximum Gasteiger partial charge on any atom is 0.237 e. The van der Waals surface area contributed by atoms with Crippen molar-refractivity contribution in [1.29, 1.82) is 0 Å². The van der Waals surface area contributed by atoms with Crippen LogP contribution < -0.4 is 20.9 Å². The Morgan fingerprint density at radius 2 is 1.03 bits per heavy atom. The fraction of sp³-hybridized carbons (Fsp3) is 0.231. The van der Waals surface area contributed by atoms with E-state index in [1.807, 2.05) is 50.2 Å². The van der Waals surface area contributed by atoms with Crippen LogP contribution in [0.1, 0.15) is 37.3 Å². The number of halogens is 2. The maximum absolute atomic E-state index is 6.90. The van der Waals surface area contributed by atoms with Gasteiger partial charge in [0.05, 0.1) is 48.0 Å². The zero-order chi connectivity index (χ0) is 26.0. The normalized spacial score (nSPS) is 12.8. The van der Waals surface area contributed by atoms with Gasteiger partial charge in [-0.05, 0) is 13.8 Å². The molecule has 0 aliphatic rings. The van der Waals surface area contributed by atoms with Crippen LogP contribution in [0.3, 0.4) is 0 Å². The zero-order valence-electron chi connectivity index (χ0n) is 20.3. The predicted octanol–water partition coefficient (Wildman–Crippen LogP) is 5.63. The number of nitrogens with zero attached hydrogens (tertiary/aromatic N) is 4. The molecule has 0 bridgehead atoms. The van der Waals surface area contributed by atoms with Crippen LogP contribution in [0, 0.1) is 0 Å². The molecular formula is C26H26Cl2N6O2. The molecular weight excluding hydrogens is 499 g/mol. The van der Waals surface area contributed by atoms with Crippen molar-refractivity contribution in [2.24, 2.45) is 11.5 Å². The average molecular weight is 525 g/mol. The van der Waals surface area contributed by atoms with Crippen LogP contribution in [-0.4, -0.2) is 34.2 Å². The third-order valence-electron chi connectivity index (χ3n) is 5.62. The molecule has 10 heteroatoms. The summed E-state index contributed by atoms with van der Waals surface area (Å²) < 4.78 is 10.8. The van der Waals surface area contributed by atoms with Gasteiger partial charge in [-0.25, -0.2) is 9.97 Å². The van der Waals surface area contributed by atoms with E-state index in [1.54, 1.807) is 12.4 Å². The number of methoxy groups -OCH3 is 2. The Kier molecular flexibility index (Phi) is 7.70. The van der Waals surface area contributed by atoms with Gasteiger partial charge in [0.1, 0.15) is 11.4 Å². The van der Waals surface area contributed by atoms with Gasteiger partial charge in [0.25, 0.3) is 0 Å². The van der Waals surface area contributed by atoms with Crippen molar-refractivity contribution >= 4 is 23.2 Å². The molecule has 0 fully saturated rings. The Morgan fingerprint density at radius 3 is 1.36 bits per heavy atom. The van der Waals surface area contributed by atoms with E-state index >= 15 is 0 Å². The van der Waals surface area contributed by atoms with Gasteiger partial charge in [0, 0.05) is 34.3 Å². The van der Waals surface area contributed by atoms with Gasteiger partial charge < -0.3 is 20.9 Å². The minimum Gasteiger partial charge on any atom is -0.480 e. The van der Waals surface area contributed by atoms with Crippen LogP contribution in [0.15, 0.2) is 48.8 Å². The number of ether oxygens (including phenoxy) is 2. The van der Waals surface area contributed by atoms with E-state index in [2.05, 4.69) is 19.9 Å². The Bertz CT molecular complexity index is 1300. The summed E-state index contributed by atoms with van der Waals surface area (Å²) in [6.45, 7) is 3.64. The molecule has 2 heterocycles. The average Bonchev–Trinajstić information content (AvgIpc) is 2.88. The summed E-state index contributed by atoms with van der Waals surface area (Å²) in [4.78, 5) is 18.1. The molecule has 2 atom stereocenters. The van der Waals surface area contributed by atoms with Crippen molar-refractivity contribution in [2.45, 2.75) is 25.9 Å². The first-order valence-electron chi connectivity index (χ1n) is 11.2. The lowest BCUT2D eigenvalue weighted by Crippen LogP contribution is -2.11. The lowest BCUT2D eigenvalue weighted by Gasteiger charge is -2.15. The van der Waals surface area contributed by atoms with Crippen molar-refractivity contribution < 1.29 is 9.47 Å². The van der Waals surface area contributed by atoms with Crippen LogP contribution in [0.2, 0.25) is 10.0 Å². The summed E-state index contributed by atoms with van der Waals surface area (Å²) in [7, 11) is 3.06. The highest BCUT2D eigenvalue weighted by Gasteiger charge is 2.20. The van der Waals surface area contributed by atoms with Crippen molar-refractivity contribution in [3.05, 3.63) is 70.2 Å². The first kappa shape index (κ1) is 25.8. The molecule has 0 saturated heterocycles. The molecule has 36 heavy (non-hydrogen) atoms. The summed E-state index contributed by atoms with van der Waals surface area (Å²) >= 11 is 13.8. The first-order valence-corrected chi connectivity index (χ1v) is 11.9. The SMILES string of the molecule is COc1nc(-c2cccc(-c3cccc(-c4cnc([C@H](C)N)c(OC)n4)c3Cl)c2Cl)cnc1[C@H](C)N. The van der Waals surface area contributed by atoms with E-state index in [0.717, 1.165) is 11.1 Å². The molecule has 0 aliphatic carbocycles. The predicted molar refractivity (Wildman–Crippen MR) is 142 cm³/mol. The van der Waals surface area contributed by atoms with Crippen molar-refractivity contribution in [2.75, 3.05) is 14.2 Å². The Hall–Kier alpha value is -3.30. The van der Waals surface area contributed by atoms with E-state index in [9.17, 15) is 0 Å². The van der Waals surface area contributed by atoms with Crippen LogP contribution in [-0.2, 0) is 0 Å². The number of hydrogen-bond donors (Lipinski definition) is 2. The molecule has 0 aliphatic heterocycles. The molecule has 0 unspecified atom stereocenters. The molecule has 2 aromatic heterocycles. The highest BCUT2D eigenvalue weighted by molar-refractivity contribution is 6.39. The van der Waals surface area contributed by atoms with Gasteiger partial charge in [-0.3, -0.25) is 9.97 Å². The number of benzene rings is 2. The van der Waals surface area contributed by atoms with Gasteiger partial charge in [-0.2, -0.15) is 0 Å². The number of rotatable bonds is 7. The van der Waals surface area contributed by atoms with Crippen LogP contribution >= 0.6 is 23.2 Å². The van der Waals surface area contributed by atoms with E-state index in [1.165, 1.54) is 14.2 Å². The van der Waals surface area contributed by atoms with E-state index in [0.29, 0.717) is 55.7 Å². The first-order chi connectivity index (χ1) is 17.3. The highest BCUT2D eigenvalue weighted by atomic mass is 35.5. The van der Waals surface area contributed by atoms with Gasteiger partial charge in [-0.1, -0.05) is 59.6 Å². The summed E-state index contributed by atoms with van der Waals surface area (Å²) in [5.41, 5.74) is 17.0. The number of hydrogen-bond acceptors (Lipinski definition) is 8. The Balaban J connectivity index is 1.81. The number of nitrogens with two attached hydrogens (primary N) is 2. The lowest BCUT2D eigenvalue weighted by atomic mass is 9.98. The molecule has 4 rings (SSSR count). The molecule has 0 spiro atoms. The highest BCUT2D eigenvalue weighted by Crippen LogP contribution is 2.42. The standard InChI is InChI=1S/C26H26Cl2N6O2/c1-13(29)23-25(35-3)33-19(11-31-23)17-9-5-7-15(21(17)27)16-8-6-10-18(22(16)28)20-12-32-24(14(2)30)26(34-20)36-4/h5-14H,29-30H2,1-4H3/t13-,14-/m0/s1. The van der Waals surface area contributed by atoms with Gasteiger partial charge in [0.2, 0.25) is 11.8 Å². The van der Waals surface area contributed by atoms with Crippen LogP contribution in [0.4, 0.5) is 0 Å².